The highest BCUT2D eigenvalue weighted by Gasteiger charge is 2.38. The second-order valence-electron chi connectivity index (χ2n) is 5.54. The van der Waals surface area contributed by atoms with Crippen LogP contribution in [-0.2, 0) is 9.53 Å². The van der Waals surface area contributed by atoms with Crippen LogP contribution < -0.4 is 0 Å². The standard InChI is InChI=1S/C20H19NO5/c1-3-15(16-12-8-9-13-17(16)21(24)25)18(20(23)26-4-2)19(22)14-10-6-5-7-11-14/h3,5-13,15,18H,1,4H2,2H3/t15-,18+/m0/s1. The number of carbonyl (C=O) groups is 2. The molecule has 0 aromatic heterocycles. The normalized spacial score (nSPS) is 12.7. The minimum atomic E-state index is -1.25. The van der Waals surface area contributed by atoms with E-state index in [1.54, 1.807) is 43.3 Å². The maximum atomic E-state index is 13.0. The number of rotatable bonds is 8. The van der Waals surface area contributed by atoms with Crippen molar-refractivity contribution in [1.29, 1.82) is 0 Å². The number of nitro benzene ring substituents is 1. The monoisotopic (exact) mass is 353 g/mol. The molecule has 0 aliphatic rings. The van der Waals surface area contributed by atoms with E-state index in [1.807, 2.05) is 0 Å². The van der Waals surface area contributed by atoms with E-state index in [2.05, 4.69) is 6.58 Å². The van der Waals surface area contributed by atoms with Crippen LogP contribution in [0.1, 0.15) is 28.8 Å². The summed E-state index contributed by atoms with van der Waals surface area (Å²) in [5.41, 5.74) is 0.401. The number of allylic oxidation sites excluding steroid dienone is 1. The molecule has 26 heavy (non-hydrogen) atoms. The molecule has 0 unspecified atom stereocenters. The maximum absolute atomic E-state index is 13.0. The Morgan fingerprint density at radius 2 is 1.77 bits per heavy atom. The number of nitro groups is 1. The number of hydrogen-bond donors (Lipinski definition) is 0. The van der Waals surface area contributed by atoms with E-state index in [0.717, 1.165) is 0 Å². The molecule has 2 aromatic carbocycles. The Morgan fingerprint density at radius 3 is 2.35 bits per heavy atom. The predicted octanol–water partition coefficient (Wildman–Crippen LogP) is 3.93. The van der Waals surface area contributed by atoms with Crippen LogP contribution in [-0.4, -0.2) is 23.3 Å². The lowest BCUT2D eigenvalue weighted by Crippen LogP contribution is -2.31. The van der Waals surface area contributed by atoms with Crippen molar-refractivity contribution in [3.63, 3.8) is 0 Å². The van der Waals surface area contributed by atoms with Crippen molar-refractivity contribution >= 4 is 17.4 Å². The number of esters is 1. The molecule has 0 heterocycles. The van der Waals surface area contributed by atoms with Crippen molar-refractivity contribution in [3.05, 3.63) is 88.5 Å². The van der Waals surface area contributed by atoms with Crippen LogP contribution in [0.4, 0.5) is 5.69 Å². The molecule has 6 heteroatoms. The summed E-state index contributed by atoms with van der Waals surface area (Å²) in [6.45, 7) is 5.42. The molecule has 0 radical (unpaired) electrons. The summed E-state index contributed by atoms with van der Waals surface area (Å²) in [4.78, 5) is 36.4. The van der Waals surface area contributed by atoms with Gasteiger partial charge in [-0.3, -0.25) is 19.7 Å². The van der Waals surface area contributed by atoms with Gasteiger partial charge in [0.05, 0.1) is 11.5 Å². The molecular formula is C20H19NO5. The number of para-hydroxylation sites is 1. The SMILES string of the molecule is C=C[C@@H](c1ccccc1[N+](=O)[O-])[C@@H](C(=O)OCC)C(=O)c1ccccc1. The zero-order chi connectivity index (χ0) is 19.1. The van der Waals surface area contributed by atoms with Crippen molar-refractivity contribution < 1.29 is 19.2 Å². The van der Waals surface area contributed by atoms with Gasteiger partial charge in [0.1, 0.15) is 5.92 Å². The first-order valence-electron chi connectivity index (χ1n) is 8.13. The third kappa shape index (κ3) is 4.03. The second-order valence-corrected chi connectivity index (χ2v) is 5.54. The number of nitrogens with zero attached hydrogens (tertiary/aromatic N) is 1. The van der Waals surface area contributed by atoms with Gasteiger partial charge >= 0.3 is 5.97 Å². The lowest BCUT2D eigenvalue weighted by molar-refractivity contribution is -0.385. The first kappa shape index (κ1) is 19.1. The van der Waals surface area contributed by atoms with E-state index in [1.165, 1.54) is 24.3 Å². The number of carbonyl (C=O) groups excluding carboxylic acids is 2. The maximum Gasteiger partial charge on any atom is 0.317 e. The molecule has 0 N–H and O–H groups in total. The van der Waals surface area contributed by atoms with Crippen molar-refractivity contribution in [2.24, 2.45) is 5.92 Å². The fourth-order valence-corrected chi connectivity index (χ4v) is 2.81. The lowest BCUT2D eigenvalue weighted by atomic mass is 9.80. The van der Waals surface area contributed by atoms with E-state index < -0.39 is 28.5 Å². The molecule has 134 valence electrons. The predicted molar refractivity (Wildman–Crippen MR) is 96.9 cm³/mol. The minimum Gasteiger partial charge on any atom is -0.465 e. The van der Waals surface area contributed by atoms with Gasteiger partial charge in [0, 0.05) is 23.1 Å². The first-order chi connectivity index (χ1) is 12.5. The van der Waals surface area contributed by atoms with Crippen molar-refractivity contribution in [2.75, 3.05) is 6.61 Å². The summed E-state index contributed by atoms with van der Waals surface area (Å²) in [5, 5.41) is 11.4. The van der Waals surface area contributed by atoms with Crippen LogP contribution in [0.3, 0.4) is 0 Å². The fraction of sp³-hybridized carbons (Fsp3) is 0.200. The van der Waals surface area contributed by atoms with E-state index in [0.29, 0.717) is 5.56 Å². The van der Waals surface area contributed by atoms with Crippen LogP contribution in [0.2, 0.25) is 0 Å². The Hall–Kier alpha value is -3.28. The number of benzene rings is 2. The van der Waals surface area contributed by atoms with Crippen LogP contribution in [0, 0.1) is 16.0 Å². The van der Waals surface area contributed by atoms with Gasteiger partial charge in [0.25, 0.3) is 5.69 Å². The zero-order valence-corrected chi connectivity index (χ0v) is 14.3. The van der Waals surface area contributed by atoms with Gasteiger partial charge in [-0.2, -0.15) is 0 Å². The molecule has 0 saturated carbocycles. The smallest absolute Gasteiger partial charge is 0.317 e. The van der Waals surface area contributed by atoms with E-state index >= 15 is 0 Å². The molecule has 2 atom stereocenters. The highest BCUT2D eigenvalue weighted by Crippen LogP contribution is 2.35. The van der Waals surface area contributed by atoms with Gasteiger partial charge in [0.2, 0.25) is 0 Å². The molecule has 0 fully saturated rings. The Labute approximate surface area is 151 Å². The van der Waals surface area contributed by atoms with Gasteiger partial charge < -0.3 is 4.74 Å². The molecule has 6 nitrogen and oxygen atoms in total. The van der Waals surface area contributed by atoms with Crippen LogP contribution in [0.5, 0.6) is 0 Å². The van der Waals surface area contributed by atoms with E-state index in [9.17, 15) is 19.7 Å². The van der Waals surface area contributed by atoms with Gasteiger partial charge in [0.15, 0.2) is 5.78 Å². The van der Waals surface area contributed by atoms with Gasteiger partial charge in [-0.1, -0.05) is 54.6 Å². The highest BCUT2D eigenvalue weighted by atomic mass is 16.6. The minimum absolute atomic E-state index is 0.0954. The Balaban J connectivity index is 2.56. The fourth-order valence-electron chi connectivity index (χ4n) is 2.81. The average molecular weight is 353 g/mol. The van der Waals surface area contributed by atoms with Crippen LogP contribution >= 0.6 is 0 Å². The molecule has 2 rings (SSSR count). The quantitative estimate of drug-likeness (QED) is 0.179. The number of ether oxygens (including phenoxy) is 1. The van der Waals surface area contributed by atoms with Gasteiger partial charge in [-0.15, -0.1) is 6.58 Å². The van der Waals surface area contributed by atoms with Crippen molar-refractivity contribution in [1.82, 2.24) is 0 Å². The van der Waals surface area contributed by atoms with Crippen LogP contribution in [0.25, 0.3) is 0 Å². The molecule has 0 bridgehead atoms. The van der Waals surface area contributed by atoms with Crippen LogP contribution in [0.15, 0.2) is 67.3 Å². The first-order valence-corrected chi connectivity index (χ1v) is 8.13. The van der Waals surface area contributed by atoms with E-state index in [4.69, 9.17) is 4.74 Å². The summed E-state index contributed by atoms with van der Waals surface area (Å²) in [5.74, 6) is -3.34. The summed E-state index contributed by atoms with van der Waals surface area (Å²) in [7, 11) is 0. The third-order valence-corrected chi connectivity index (χ3v) is 3.99. The molecule has 0 spiro atoms. The molecule has 0 aliphatic carbocycles. The topological polar surface area (TPSA) is 86.5 Å². The summed E-state index contributed by atoms with van der Waals surface area (Å²) in [6, 6.07) is 14.3. The Kier molecular flexibility index (Phi) is 6.38. The summed E-state index contributed by atoms with van der Waals surface area (Å²) >= 11 is 0. The molecule has 2 aromatic rings. The third-order valence-electron chi connectivity index (χ3n) is 3.99. The summed E-state index contributed by atoms with van der Waals surface area (Å²) in [6.07, 6.45) is 1.38. The molecule has 0 amide bonds. The number of ketones is 1. The largest absolute Gasteiger partial charge is 0.465 e. The van der Waals surface area contributed by atoms with Crippen molar-refractivity contribution in [3.8, 4) is 0 Å². The van der Waals surface area contributed by atoms with Gasteiger partial charge in [-0.25, -0.2) is 0 Å². The van der Waals surface area contributed by atoms with Gasteiger partial charge in [-0.05, 0) is 6.92 Å². The number of Topliss-reactive ketones (excluding diaryl/α,β-unsaturated/α-hetero) is 1. The highest BCUT2D eigenvalue weighted by molar-refractivity contribution is 6.09. The summed E-state index contributed by atoms with van der Waals surface area (Å²) < 4.78 is 5.07. The zero-order valence-electron chi connectivity index (χ0n) is 14.3. The number of hydrogen-bond acceptors (Lipinski definition) is 5. The van der Waals surface area contributed by atoms with E-state index in [-0.39, 0.29) is 17.9 Å². The second kappa shape index (κ2) is 8.71. The molecule has 0 aliphatic heterocycles. The molecular weight excluding hydrogens is 334 g/mol. The molecule has 0 saturated heterocycles. The average Bonchev–Trinajstić information content (AvgIpc) is 2.66. The Bertz CT molecular complexity index is 816. The lowest BCUT2D eigenvalue weighted by Gasteiger charge is -2.22. The van der Waals surface area contributed by atoms with Crippen molar-refractivity contribution in [2.45, 2.75) is 12.8 Å². The Morgan fingerprint density at radius 1 is 1.15 bits per heavy atom.